The van der Waals surface area contributed by atoms with E-state index < -0.39 is 0 Å². The first kappa shape index (κ1) is 29.0. The fraction of sp³-hybridized carbons (Fsp3) is 0.406. The lowest BCUT2D eigenvalue weighted by molar-refractivity contribution is 0.315. The van der Waals surface area contributed by atoms with Crippen molar-refractivity contribution in [3.8, 4) is 16.9 Å². The summed E-state index contributed by atoms with van der Waals surface area (Å²) < 4.78 is 1.60. The van der Waals surface area contributed by atoms with Crippen molar-refractivity contribution in [2.75, 3.05) is 6.54 Å². The van der Waals surface area contributed by atoms with Crippen LogP contribution in [0.5, 0.6) is 0 Å². The van der Waals surface area contributed by atoms with Gasteiger partial charge in [-0.2, -0.15) is 4.98 Å². The van der Waals surface area contributed by atoms with E-state index >= 15 is 0 Å². The number of hydrogen-bond acceptors (Lipinski definition) is 5. The first-order valence-corrected chi connectivity index (χ1v) is 14.9. The summed E-state index contributed by atoms with van der Waals surface area (Å²) in [6, 6.07) is 17.2. The summed E-state index contributed by atoms with van der Waals surface area (Å²) in [5, 5.41) is 5.31. The SMILES string of the molecule is CC(N)=NCC[C@@H]1CCC[C@@H](c2ccc(-n3cc4cc(-c5cc(Cl)cc(CCC[C@H](C)N)c5)[nH]c4nc3=O)cc2)N1. The number of nitrogens with zero attached hydrogens (tertiary/aromatic N) is 3. The smallest absolute Gasteiger partial charge is 0.354 e. The third-order valence-corrected chi connectivity index (χ3v) is 8.01. The van der Waals surface area contributed by atoms with Crippen molar-refractivity contribution in [1.29, 1.82) is 0 Å². The number of halogens is 1. The Balaban J connectivity index is 1.33. The minimum Gasteiger partial charge on any atom is -0.388 e. The van der Waals surface area contributed by atoms with Crippen molar-refractivity contribution >= 4 is 28.5 Å². The Bertz CT molecular complexity index is 1570. The maximum absolute atomic E-state index is 13.0. The van der Waals surface area contributed by atoms with Gasteiger partial charge in [0.1, 0.15) is 5.65 Å². The van der Waals surface area contributed by atoms with Crippen molar-refractivity contribution in [2.24, 2.45) is 16.5 Å². The molecule has 216 valence electrons. The molecule has 1 saturated heterocycles. The predicted octanol–water partition coefficient (Wildman–Crippen LogP) is 5.65. The van der Waals surface area contributed by atoms with Gasteiger partial charge in [0.25, 0.3) is 0 Å². The molecule has 6 N–H and O–H groups in total. The zero-order chi connectivity index (χ0) is 28.9. The maximum atomic E-state index is 13.0. The van der Waals surface area contributed by atoms with Gasteiger partial charge < -0.3 is 21.8 Å². The normalized spacial score (nSPS) is 18.6. The Morgan fingerprint density at radius 2 is 2.00 bits per heavy atom. The second-order valence-corrected chi connectivity index (χ2v) is 11.8. The molecular formula is C32H40ClN7O. The summed E-state index contributed by atoms with van der Waals surface area (Å²) in [4.78, 5) is 25.0. The maximum Gasteiger partial charge on any atom is 0.354 e. The van der Waals surface area contributed by atoms with Crippen LogP contribution in [-0.4, -0.2) is 39.0 Å². The minimum atomic E-state index is -0.326. The second-order valence-electron chi connectivity index (χ2n) is 11.3. The molecule has 0 saturated carbocycles. The van der Waals surface area contributed by atoms with Crippen molar-refractivity contribution in [1.82, 2.24) is 19.9 Å². The lowest BCUT2D eigenvalue weighted by Crippen LogP contribution is -2.37. The summed E-state index contributed by atoms with van der Waals surface area (Å²) in [7, 11) is 0. The Labute approximate surface area is 246 Å². The van der Waals surface area contributed by atoms with E-state index in [1.165, 1.54) is 12.0 Å². The highest BCUT2D eigenvalue weighted by Crippen LogP contribution is 2.29. The van der Waals surface area contributed by atoms with E-state index in [9.17, 15) is 4.79 Å². The van der Waals surface area contributed by atoms with E-state index in [4.69, 9.17) is 23.1 Å². The molecule has 1 aliphatic heterocycles. The van der Waals surface area contributed by atoms with Crippen molar-refractivity contribution in [3.05, 3.63) is 81.4 Å². The molecule has 5 rings (SSSR count). The van der Waals surface area contributed by atoms with Gasteiger partial charge >= 0.3 is 5.69 Å². The number of piperidine rings is 1. The van der Waals surface area contributed by atoms with Crippen LogP contribution in [0.4, 0.5) is 0 Å². The topological polar surface area (TPSA) is 127 Å². The summed E-state index contributed by atoms with van der Waals surface area (Å²) in [5.74, 6) is 0.633. The van der Waals surface area contributed by atoms with Gasteiger partial charge in [0.05, 0.1) is 11.5 Å². The highest BCUT2D eigenvalue weighted by Gasteiger charge is 2.22. The molecule has 3 atom stereocenters. The first-order chi connectivity index (χ1) is 19.7. The third kappa shape index (κ3) is 7.44. The van der Waals surface area contributed by atoms with Crippen LogP contribution in [0.1, 0.15) is 69.5 Å². The molecule has 0 aliphatic carbocycles. The Morgan fingerprint density at radius 3 is 2.76 bits per heavy atom. The molecule has 8 nitrogen and oxygen atoms in total. The third-order valence-electron chi connectivity index (χ3n) is 7.80. The van der Waals surface area contributed by atoms with Gasteiger partial charge in [0.15, 0.2) is 0 Å². The Kier molecular flexibility index (Phi) is 9.22. The number of nitrogens with two attached hydrogens (primary N) is 2. The summed E-state index contributed by atoms with van der Waals surface area (Å²) in [5.41, 5.74) is 16.8. The van der Waals surface area contributed by atoms with Crippen LogP contribution in [0.2, 0.25) is 5.02 Å². The van der Waals surface area contributed by atoms with Gasteiger partial charge in [-0.25, -0.2) is 4.79 Å². The molecule has 2 aromatic carbocycles. The molecule has 3 heterocycles. The summed E-state index contributed by atoms with van der Waals surface area (Å²) in [6.45, 7) is 4.60. The van der Waals surface area contributed by atoms with E-state index in [2.05, 4.69) is 38.5 Å². The lowest BCUT2D eigenvalue weighted by atomic mass is 9.92. The van der Waals surface area contributed by atoms with E-state index in [1.54, 1.807) is 4.57 Å². The number of nitrogens with one attached hydrogen (secondary N) is 2. The number of fused-ring (bicyclic) bond motifs is 1. The largest absolute Gasteiger partial charge is 0.388 e. The number of H-pyrrole nitrogens is 1. The number of benzene rings is 2. The Morgan fingerprint density at radius 1 is 1.20 bits per heavy atom. The van der Waals surface area contributed by atoms with E-state index in [1.807, 2.05) is 50.4 Å². The van der Waals surface area contributed by atoms with Crippen molar-refractivity contribution in [2.45, 2.75) is 76.9 Å². The number of aliphatic imine (C=N–C) groups is 1. The highest BCUT2D eigenvalue weighted by atomic mass is 35.5. The standard InChI is InChI=1S/C32H40ClN7O/c1-20(34)5-3-6-22-15-24(17-26(33)16-22)30-18-25-19-40(32(41)39-31(25)38-30)28-11-9-23(10-12-28)29-8-4-7-27(37-29)13-14-36-21(2)35/h9-12,15-20,27,29,37H,3-8,13-14,34H2,1-2H3,(H2,35,36)(H,38,39,41)/t20-,27-,29-/m0/s1. The van der Waals surface area contributed by atoms with Gasteiger partial charge in [-0.3, -0.25) is 9.56 Å². The number of aromatic amines is 1. The van der Waals surface area contributed by atoms with Crippen LogP contribution in [0.3, 0.4) is 0 Å². The van der Waals surface area contributed by atoms with Gasteiger partial charge in [-0.15, -0.1) is 0 Å². The number of aromatic nitrogens is 3. The number of amidine groups is 1. The van der Waals surface area contributed by atoms with Crippen LogP contribution in [0, 0.1) is 0 Å². The summed E-state index contributed by atoms with van der Waals surface area (Å²) in [6.07, 6.45) is 9.12. The first-order valence-electron chi connectivity index (χ1n) is 14.6. The Hall–Kier alpha value is -3.46. The van der Waals surface area contributed by atoms with Crippen molar-refractivity contribution < 1.29 is 0 Å². The molecule has 41 heavy (non-hydrogen) atoms. The molecule has 0 unspecified atom stereocenters. The minimum absolute atomic E-state index is 0.186. The van der Waals surface area contributed by atoms with Crippen LogP contribution < -0.4 is 22.5 Å². The second kappa shape index (κ2) is 13.0. The zero-order valence-corrected chi connectivity index (χ0v) is 24.6. The van der Waals surface area contributed by atoms with Crippen molar-refractivity contribution in [3.63, 3.8) is 0 Å². The van der Waals surface area contributed by atoms with Crippen LogP contribution >= 0.6 is 11.6 Å². The average Bonchev–Trinajstić information content (AvgIpc) is 3.35. The van der Waals surface area contributed by atoms with Crippen LogP contribution in [0.15, 0.2) is 64.5 Å². The summed E-state index contributed by atoms with van der Waals surface area (Å²) >= 11 is 6.46. The van der Waals surface area contributed by atoms with Gasteiger partial charge in [-0.05, 0) is 105 Å². The fourth-order valence-electron chi connectivity index (χ4n) is 5.69. The van der Waals surface area contributed by atoms with Crippen LogP contribution in [0.25, 0.3) is 28.0 Å². The molecule has 1 fully saturated rings. The van der Waals surface area contributed by atoms with Gasteiger partial charge in [0.2, 0.25) is 0 Å². The molecule has 2 aromatic heterocycles. The lowest BCUT2D eigenvalue weighted by Gasteiger charge is -2.31. The number of hydrogen-bond donors (Lipinski definition) is 4. The van der Waals surface area contributed by atoms with Gasteiger partial charge in [-0.1, -0.05) is 30.2 Å². The zero-order valence-electron chi connectivity index (χ0n) is 23.9. The molecule has 0 radical (unpaired) electrons. The molecule has 0 spiro atoms. The number of aryl methyl sites for hydroxylation is 1. The molecule has 4 aromatic rings. The number of rotatable bonds is 10. The highest BCUT2D eigenvalue weighted by molar-refractivity contribution is 6.31. The fourth-order valence-corrected chi connectivity index (χ4v) is 5.95. The molecule has 1 aliphatic rings. The molecule has 0 bridgehead atoms. The monoisotopic (exact) mass is 573 g/mol. The van der Waals surface area contributed by atoms with E-state index in [0.717, 1.165) is 73.0 Å². The van der Waals surface area contributed by atoms with Gasteiger partial charge in [0, 0.05) is 47.0 Å². The molecule has 0 amide bonds. The van der Waals surface area contributed by atoms with E-state index in [0.29, 0.717) is 22.5 Å². The predicted molar refractivity (Wildman–Crippen MR) is 169 cm³/mol. The quantitative estimate of drug-likeness (QED) is 0.144. The van der Waals surface area contributed by atoms with E-state index in [-0.39, 0.29) is 17.8 Å². The molecular weight excluding hydrogens is 534 g/mol. The molecule has 9 heteroatoms. The van der Waals surface area contributed by atoms with Crippen LogP contribution in [-0.2, 0) is 6.42 Å². The average molecular weight is 574 g/mol.